The Morgan fingerprint density at radius 2 is 2.41 bits per heavy atom. The van der Waals surface area contributed by atoms with Crippen LogP contribution in [-0.2, 0) is 11.3 Å². The van der Waals surface area contributed by atoms with E-state index < -0.39 is 0 Å². The van der Waals surface area contributed by atoms with Gasteiger partial charge in [0.1, 0.15) is 0 Å². The van der Waals surface area contributed by atoms with Gasteiger partial charge in [0.15, 0.2) is 0 Å². The first-order valence-corrected chi connectivity index (χ1v) is 6.16. The maximum Gasteiger partial charge on any atom is 0.0826 e. The summed E-state index contributed by atoms with van der Waals surface area (Å²) in [6, 6.07) is 4.20. The van der Waals surface area contributed by atoms with Crippen LogP contribution in [0.3, 0.4) is 0 Å². The molecule has 0 aromatic carbocycles. The molecule has 17 heavy (non-hydrogen) atoms. The minimum Gasteiger partial charge on any atom is -0.374 e. The maximum atomic E-state index is 5.69. The van der Waals surface area contributed by atoms with Crippen LogP contribution in [-0.4, -0.2) is 49.3 Å². The van der Waals surface area contributed by atoms with Crippen molar-refractivity contribution >= 4 is 0 Å². The quantitative estimate of drug-likeness (QED) is 0.838. The van der Waals surface area contributed by atoms with Crippen LogP contribution in [0.25, 0.3) is 0 Å². The minimum atomic E-state index is 0.312. The minimum absolute atomic E-state index is 0.312. The van der Waals surface area contributed by atoms with Gasteiger partial charge in [0.25, 0.3) is 0 Å². The summed E-state index contributed by atoms with van der Waals surface area (Å²) in [7, 11) is 2.12. The van der Waals surface area contributed by atoms with Gasteiger partial charge in [0, 0.05) is 38.1 Å². The van der Waals surface area contributed by atoms with Crippen LogP contribution in [0.15, 0.2) is 18.3 Å². The van der Waals surface area contributed by atoms with E-state index in [1.807, 2.05) is 13.1 Å². The molecular weight excluding hydrogens is 214 g/mol. The number of ether oxygens (including phenoxy) is 1. The molecule has 1 fully saturated rings. The van der Waals surface area contributed by atoms with Crippen molar-refractivity contribution in [3.8, 4) is 0 Å². The fourth-order valence-electron chi connectivity index (χ4n) is 2.05. The van der Waals surface area contributed by atoms with Crippen LogP contribution in [0.4, 0.5) is 0 Å². The Morgan fingerprint density at radius 3 is 3.06 bits per heavy atom. The van der Waals surface area contributed by atoms with E-state index >= 15 is 0 Å². The van der Waals surface area contributed by atoms with Crippen molar-refractivity contribution in [2.45, 2.75) is 19.6 Å². The van der Waals surface area contributed by atoms with E-state index in [1.54, 1.807) is 0 Å². The third-order valence-electron chi connectivity index (χ3n) is 2.94. The number of nitrogens with one attached hydrogen (secondary N) is 1. The number of aromatic nitrogens is 1. The zero-order valence-corrected chi connectivity index (χ0v) is 10.6. The first-order valence-electron chi connectivity index (χ1n) is 6.16. The molecular formula is C13H21N3O. The van der Waals surface area contributed by atoms with Gasteiger partial charge in [0.2, 0.25) is 0 Å². The molecule has 1 atom stereocenters. The highest BCUT2D eigenvalue weighted by Crippen LogP contribution is 2.05. The summed E-state index contributed by atoms with van der Waals surface area (Å²) in [6.07, 6.45) is 2.26. The standard InChI is InChI=1S/C13H21N3O/c1-11-3-4-12(7-15-11)9-16(2)10-13-8-14-5-6-17-13/h3-4,7,13-14H,5-6,8-10H2,1-2H3. The van der Waals surface area contributed by atoms with E-state index in [1.165, 1.54) is 5.56 Å². The predicted molar refractivity (Wildman–Crippen MR) is 67.9 cm³/mol. The molecule has 0 saturated carbocycles. The molecule has 0 amide bonds. The lowest BCUT2D eigenvalue weighted by atomic mass is 10.2. The zero-order valence-electron chi connectivity index (χ0n) is 10.6. The Balaban J connectivity index is 1.79. The Labute approximate surface area is 103 Å². The summed E-state index contributed by atoms with van der Waals surface area (Å²) < 4.78 is 5.69. The highest BCUT2D eigenvalue weighted by Gasteiger charge is 2.15. The number of hydrogen-bond donors (Lipinski definition) is 1. The van der Waals surface area contributed by atoms with E-state index in [2.05, 4.69) is 34.4 Å². The molecule has 1 unspecified atom stereocenters. The average molecular weight is 235 g/mol. The molecule has 0 aliphatic carbocycles. The largest absolute Gasteiger partial charge is 0.374 e. The fraction of sp³-hybridized carbons (Fsp3) is 0.615. The van der Waals surface area contributed by atoms with Crippen LogP contribution < -0.4 is 5.32 Å². The summed E-state index contributed by atoms with van der Waals surface area (Å²) in [5, 5.41) is 3.35. The van der Waals surface area contributed by atoms with Crippen LogP contribution in [0.5, 0.6) is 0 Å². The molecule has 2 heterocycles. The number of nitrogens with zero attached hydrogens (tertiary/aromatic N) is 2. The average Bonchev–Trinajstić information content (AvgIpc) is 2.33. The van der Waals surface area contributed by atoms with Crippen LogP contribution >= 0.6 is 0 Å². The summed E-state index contributed by atoms with van der Waals surface area (Å²) in [5.74, 6) is 0. The van der Waals surface area contributed by atoms with Crippen molar-refractivity contribution in [2.75, 3.05) is 33.3 Å². The van der Waals surface area contributed by atoms with Crippen molar-refractivity contribution in [3.63, 3.8) is 0 Å². The number of rotatable bonds is 4. The maximum absolute atomic E-state index is 5.69. The molecule has 0 bridgehead atoms. The smallest absolute Gasteiger partial charge is 0.0826 e. The van der Waals surface area contributed by atoms with Gasteiger partial charge in [-0.2, -0.15) is 0 Å². The van der Waals surface area contributed by atoms with Crippen molar-refractivity contribution in [3.05, 3.63) is 29.6 Å². The normalized spacial score (nSPS) is 20.8. The Hall–Kier alpha value is -0.970. The number of hydrogen-bond acceptors (Lipinski definition) is 4. The summed E-state index contributed by atoms with van der Waals surface area (Å²) in [5.41, 5.74) is 2.32. The molecule has 1 N–H and O–H groups in total. The molecule has 1 aliphatic heterocycles. The monoisotopic (exact) mass is 235 g/mol. The van der Waals surface area contributed by atoms with Gasteiger partial charge in [-0.15, -0.1) is 0 Å². The van der Waals surface area contributed by atoms with Crippen molar-refractivity contribution in [1.82, 2.24) is 15.2 Å². The molecule has 1 aromatic heterocycles. The molecule has 0 radical (unpaired) electrons. The Bertz CT molecular complexity index is 333. The van der Waals surface area contributed by atoms with Gasteiger partial charge < -0.3 is 10.1 Å². The predicted octanol–water partition coefficient (Wildman–Crippen LogP) is 0.810. The van der Waals surface area contributed by atoms with Gasteiger partial charge in [-0.25, -0.2) is 0 Å². The van der Waals surface area contributed by atoms with Crippen molar-refractivity contribution in [2.24, 2.45) is 0 Å². The lowest BCUT2D eigenvalue weighted by molar-refractivity contribution is 0.00883. The topological polar surface area (TPSA) is 37.4 Å². The second kappa shape index (κ2) is 6.10. The van der Waals surface area contributed by atoms with Crippen LogP contribution in [0.1, 0.15) is 11.3 Å². The first kappa shape index (κ1) is 12.5. The first-order chi connectivity index (χ1) is 8.24. The SMILES string of the molecule is Cc1ccc(CN(C)CC2CNCCO2)cn1. The number of pyridine rings is 1. The lowest BCUT2D eigenvalue weighted by Gasteiger charge is -2.28. The third kappa shape index (κ3) is 4.07. The van der Waals surface area contributed by atoms with E-state index in [0.717, 1.165) is 38.5 Å². The third-order valence-corrected chi connectivity index (χ3v) is 2.94. The fourth-order valence-corrected chi connectivity index (χ4v) is 2.05. The molecule has 94 valence electrons. The molecule has 2 rings (SSSR count). The van der Waals surface area contributed by atoms with Gasteiger partial charge in [-0.1, -0.05) is 6.07 Å². The zero-order chi connectivity index (χ0) is 12.1. The van der Waals surface area contributed by atoms with E-state index in [9.17, 15) is 0 Å². The second-order valence-corrected chi connectivity index (χ2v) is 4.70. The Morgan fingerprint density at radius 1 is 1.53 bits per heavy atom. The van der Waals surface area contributed by atoms with Crippen LogP contribution in [0.2, 0.25) is 0 Å². The van der Waals surface area contributed by atoms with Crippen molar-refractivity contribution < 1.29 is 4.74 Å². The molecule has 1 aliphatic rings. The van der Waals surface area contributed by atoms with E-state index in [4.69, 9.17) is 4.74 Å². The van der Waals surface area contributed by atoms with Gasteiger partial charge >= 0.3 is 0 Å². The van der Waals surface area contributed by atoms with Gasteiger partial charge in [0.05, 0.1) is 12.7 Å². The highest BCUT2D eigenvalue weighted by atomic mass is 16.5. The number of aryl methyl sites for hydroxylation is 1. The lowest BCUT2D eigenvalue weighted by Crippen LogP contribution is -2.44. The van der Waals surface area contributed by atoms with Crippen molar-refractivity contribution in [1.29, 1.82) is 0 Å². The Kier molecular flexibility index (Phi) is 4.48. The molecule has 0 spiro atoms. The van der Waals surface area contributed by atoms with Gasteiger partial charge in [-0.05, 0) is 25.6 Å². The van der Waals surface area contributed by atoms with E-state index in [0.29, 0.717) is 6.10 Å². The van der Waals surface area contributed by atoms with E-state index in [-0.39, 0.29) is 0 Å². The summed E-state index contributed by atoms with van der Waals surface area (Å²) >= 11 is 0. The highest BCUT2D eigenvalue weighted by molar-refractivity contribution is 5.12. The summed E-state index contributed by atoms with van der Waals surface area (Å²) in [6.45, 7) is 6.65. The molecule has 1 aromatic rings. The molecule has 4 heteroatoms. The number of likely N-dealkylation sites (N-methyl/N-ethyl adjacent to an activating group) is 1. The van der Waals surface area contributed by atoms with Gasteiger partial charge in [-0.3, -0.25) is 9.88 Å². The molecule has 1 saturated heterocycles. The molecule has 4 nitrogen and oxygen atoms in total. The number of morpholine rings is 1. The second-order valence-electron chi connectivity index (χ2n) is 4.70. The summed E-state index contributed by atoms with van der Waals surface area (Å²) in [4.78, 5) is 6.59. The van der Waals surface area contributed by atoms with Crippen LogP contribution in [0, 0.1) is 6.92 Å².